The van der Waals surface area contributed by atoms with E-state index in [2.05, 4.69) is 0 Å². The topological polar surface area (TPSA) is 99.0 Å². The van der Waals surface area contributed by atoms with E-state index >= 15 is 0 Å². The van der Waals surface area contributed by atoms with Gasteiger partial charge < -0.3 is 14.4 Å². The molecule has 2 unspecified atom stereocenters. The number of amides is 1. The van der Waals surface area contributed by atoms with Crippen molar-refractivity contribution in [3.8, 4) is 0 Å². The lowest BCUT2D eigenvalue weighted by molar-refractivity contribution is -0.384. The molecule has 1 aromatic rings. The molecule has 26 heavy (non-hydrogen) atoms. The van der Waals surface area contributed by atoms with E-state index in [-0.39, 0.29) is 23.7 Å². The van der Waals surface area contributed by atoms with E-state index in [1.165, 1.54) is 24.3 Å². The highest BCUT2D eigenvalue weighted by molar-refractivity contribution is 5.89. The van der Waals surface area contributed by atoms with Crippen molar-refractivity contribution in [3.05, 3.63) is 39.9 Å². The van der Waals surface area contributed by atoms with E-state index in [1.54, 1.807) is 25.7 Å². The molecule has 2 rings (SSSR count). The molecule has 1 aromatic carbocycles. The van der Waals surface area contributed by atoms with Gasteiger partial charge in [0, 0.05) is 18.7 Å². The first kappa shape index (κ1) is 19.7. The molecule has 1 aliphatic rings. The van der Waals surface area contributed by atoms with Gasteiger partial charge in [-0.2, -0.15) is 0 Å². The third-order valence-corrected chi connectivity index (χ3v) is 3.86. The Balaban J connectivity index is 2.00. The number of hydrogen-bond donors (Lipinski definition) is 0. The number of nitrogens with zero attached hydrogens (tertiary/aromatic N) is 2. The molecule has 0 N–H and O–H groups in total. The van der Waals surface area contributed by atoms with Gasteiger partial charge in [0.15, 0.2) is 0 Å². The highest BCUT2D eigenvalue weighted by Gasteiger charge is 2.32. The number of hydrogen-bond acceptors (Lipinski definition) is 6. The van der Waals surface area contributed by atoms with Gasteiger partial charge in [-0.25, -0.2) is 9.59 Å². The molecule has 0 saturated carbocycles. The third-order valence-electron chi connectivity index (χ3n) is 3.86. The van der Waals surface area contributed by atoms with Crippen molar-refractivity contribution < 1.29 is 24.0 Å². The van der Waals surface area contributed by atoms with Crippen molar-refractivity contribution in [2.45, 2.75) is 45.8 Å². The first-order valence-electron chi connectivity index (χ1n) is 8.48. The summed E-state index contributed by atoms with van der Waals surface area (Å²) in [7, 11) is 0. The molecule has 0 radical (unpaired) electrons. The lowest BCUT2D eigenvalue weighted by atomic mass is 9.98. The summed E-state index contributed by atoms with van der Waals surface area (Å²) in [5.74, 6) is -0.408. The maximum atomic E-state index is 12.3. The summed E-state index contributed by atoms with van der Waals surface area (Å²) in [5.41, 5.74) is -0.454. The summed E-state index contributed by atoms with van der Waals surface area (Å²) in [6.45, 7) is 8.17. The predicted molar refractivity (Wildman–Crippen MR) is 93.9 cm³/mol. The van der Waals surface area contributed by atoms with Crippen LogP contribution in [0.1, 0.15) is 44.5 Å². The Morgan fingerprint density at radius 1 is 1.19 bits per heavy atom. The molecule has 2 atom stereocenters. The predicted octanol–water partition coefficient (Wildman–Crippen LogP) is 3.40. The number of non-ortho nitro benzene ring substituents is 1. The third kappa shape index (κ3) is 5.44. The minimum absolute atomic E-state index is 0.0936. The molecule has 0 bridgehead atoms. The molecule has 142 valence electrons. The van der Waals surface area contributed by atoms with Crippen molar-refractivity contribution in [1.29, 1.82) is 0 Å². The van der Waals surface area contributed by atoms with Crippen LogP contribution in [0.3, 0.4) is 0 Å². The molecule has 8 nitrogen and oxygen atoms in total. The summed E-state index contributed by atoms with van der Waals surface area (Å²) in [6, 6.07) is 5.23. The van der Waals surface area contributed by atoms with E-state index in [4.69, 9.17) is 9.47 Å². The number of nitro groups is 1. The zero-order valence-corrected chi connectivity index (χ0v) is 15.4. The molecule has 1 saturated heterocycles. The van der Waals surface area contributed by atoms with Crippen LogP contribution in [-0.2, 0) is 9.47 Å². The number of benzene rings is 1. The van der Waals surface area contributed by atoms with E-state index in [0.29, 0.717) is 13.0 Å². The van der Waals surface area contributed by atoms with Gasteiger partial charge in [0.05, 0.1) is 17.0 Å². The molecule has 0 spiro atoms. The molecule has 1 amide bonds. The summed E-state index contributed by atoms with van der Waals surface area (Å²) in [5, 5.41) is 10.7. The highest BCUT2D eigenvalue weighted by Crippen LogP contribution is 2.22. The van der Waals surface area contributed by atoms with E-state index in [1.807, 2.05) is 6.92 Å². The Bertz CT molecular complexity index is 680. The molecular weight excluding hydrogens is 340 g/mol. The zero-order valence-electron chi connectivity index (χ0n) is 15.4. The Kier molecular flexibility index (Phi) is 5.84. The Morgan fingerprint density at radius 3 is 2.35 bits per heavy atom. The van der Waals surface area contributed by atoms with Gasteiger partial charge in [0.2, 0.25) is 0 Å². The van der Waals surface area contributed by atoms with Gasteiger partial charge in [-0.3, -0.25) is 10.1 Å². The van der Waals surface area contributed by atoms with Crippen molar-refractivity contribution in [2.75, 3.05) is 13.1 Å². The van der Waals surface area contributed by atoms with E-state index in [0.717, 1.165) is 0 Å². The summed E-state index contributed by atoms with van der Waals surface area (Å²) >= 11 is 0. The first-order chi connectivity index (χ1) is 12.0. The first-order valence-corrected chi connectivity index (χ1v) is 8.48. The second-order valence-electron chi connectivity index (χ2n) is 7.56. The van der Waals surface area contributed by atoms with Crippen LogP contribution in [0.15, 0.2) is 24.3 Å². The molecule has 0 aromatic heterocycles. The summed E-state index contributed by atoms with van der Waals surface area (Å²) < 4.78 is 10.9. The van der Waals surface area contributed by atoms with Crippen LogP contribution in [0.2, 0.25) is 0 Å². The molecule has 1 heterocycles. The highest BCUT2D eigenvalue weighted by atomic mass is 16.6. The lowest BCUT2D eigenvalue weighted by Gasteiger charge is -2.36. The van der Waals surface area contributed by atoms with E-state index in [9.17, 15) is 19.7 Å². The molecule has 0 aliphatic carbocycles. The second kappa shape index (κ2) is 7.72. The van der Waals surface area contributed by atoms with Crippen LogP contribution in [0.4, 0.5) is 10.5 Å². The van der Waals surface area contributed by atoms with Gasteiger partial charge in [0.25, 0.3) is 5.69 Å². The largest absolute Gasteiger partial charge is 0.457 e. The van der Waals surface area contributed by atoms with Crippen LogP contribution in [0, 0.1) is 16.0 Å². The van der Waals surface area contributed by atoms with E-state index < -0.39 is 28.7 Å². The fraction of sp³-hybridized carbons (Fsp3) is 0.556. The number of esters is 1. The van der Waals surface area contributed by atoms with Crippen molar-refractivity contribution >= 4 is 17.7 Å². The SMILES string of the molecule is CC1CC(OC(=O)c2ccc([N+](=O)[O-])cc2)CN(C(=O)OC(C)(C)C)C1. The van der Waals surface area contributed by atoms with Crippen LogP contribution in [0.25, 0.3) is 0 Å². The molecule has 1 aliphatic heterocycles. The van der Waals surface area contributed by atoms with Gasteiger partial charge in [0.1, 0.15) is 11.7 Å². The standard InChI is InChI=1S/C18H24N2O6/c1-12-9-15(11-19(10-12)17(22)26-18(2,3)4)25-16(21)13-5-7-14(8-6-13)20(23)24/h5-8,12,15H,9-11H2,1-4H3. The van der Waals surface area contributed by atoms with Gasteiger partial charge >= 0.3 is 12.1 Å². The monoisotopic (exact) mass is 364 g/mol. The molecular formula is C18H24N2O6. The normalized spacial score (nSPS) is 20.4. The Hall–Kier alpha value is -2.64. The Labute approximate surface area is 152 Å². The lowest BCUT2D eigenvalue weighted by Crippen LogP contribution is -2.48. The minimum Gasteiger partial charge on any atom is -0.457 e. The molecule has 8 heteroatoms. The van der Waals surface area contributed by atoms with Crippen LogP contribution in [-0.4, -0.2) is 46.7 Å². The Morgan fingerprint density at radius 2 is 1.81 bits per heavy atom. The fourth-order valence-electron chi connectivity index (χ4n) is 2.79. The number of piperidine rings is 1. The molecule has 1 fully saturated rings. The summed E-state index contributed by atoms with van der Waals surface area (Å²) in [4.78, 5) is 36.2. The average molecular weight is 364 g/mol. The second-order valence-corrected chi connectivity index (χ2v) is 7.56. The smallest absolute Gasteiger partial charge is 0.410 e. The number of ether oxygens (including phenoxy) is 2. The van der Waals surface area contributed by atoms with Crippen molar-refractivity contribution in [3.63, 3.8) is 0 Å². The minimum atomic E-state index is -0.595. The van der Waals surface area contributed by atoms with Crippen molar-refractivity contribution in [1.82, 2.24) is 4.90 Å². The van der Waals surface area contributed by atoms with Crippen molar-refractivity contribution in [2.24, 2.45) is 5.92 Å². The zero-order chi connectivity index (χ0) is 19.5. The average Bonchev–Trinajstić information content (AvgIpc) is 2.52. The van der Waals surface area contributed by atoms with Gasteiger partial charge in [-0.05, 0) is 45.2 Å². The quantitative estimate of drug-likeness (QED) is 0.463. The van der Waals surface area contributed by atoms with Gasteiger partial charge in [-0.15, -0.1) is 0 Å². The van der Waals surface area contributed by atoms with Crippen LogP contribution < -0.4 is 0 Å². The number of carbonyl (C=O) groups excluding carboxylic acids is 2. The summed E-state index contributed by atoms with van der Waals surface area (Å²) in [6.07, 6.45) is -0.243. The number of likely N-dealkylation sites (tertiary alicyclic amines) is 1. The number of nitro benzene ring substituents is 1. The van der Waals surface area contributed by atoms with Crippen LogP contribution in [0.5, 0.6) is 0 Å². The maximum absolute atomic E-state index is 12.3. The number of rotatable bonds is 3. The fourth-order valence-corrected chi connectivity index (χ4v) is 2.79. The van der Waals surface area contributed by atoms with Gasteiger partial charge in [-0.1, -0.05) is 6.92 Å². The number of carbonyl (C=O) groups is 2. The van der Waals surface area contributed by atoms with Crippen LogP contribution >= 0.6 is 0 Å². The maximum Gasteiger partial charge on any atom is 0.410 e.